The van der Waals surface area contributed by atoms with Gasteiger partial charge >= 0.3 is 5.97 Å². The van der Waals surface area contributed by atoms with Crippen LogP contribution in [-0.4, -0.2) is 52.1 Å². The van der Waals surface area contributed by atoms with E-state index in [1.165, 1.54) is 23.5 Å². The summed E-state index contributed by atoms with van der Waals surface area (Å²) < 4.78 is 49.2. The van der Waals surface area contributed by atoms with Crippen molar-refractivity contribution in [2.75, 3.05) is 33.4 Å². The molecular formula is C22H24ClNO7S. The highest BCUT2D eigenvalue weighted by molar-refractivity contribution is 7.89. The Morgan fingerprint density at radius 3 is 2.53 bits per heavy atom. The van der Waals surface area contributed by atoms with Gasteiger partial charge in [-0.05, 0) is 43.2 Å². The van der Waals surface area contributed by atoms with Crippen LogP contribution in [0.15, 0.2) is 41.3 Å². The van der Waals surface area contributed by atoms with Crippen molar-refractivity contribution >= 4 is 27.6 Å². The van der Waals surface area contributed by atoms with Crippen molar-refractivity contribution in [2.45, 2.75) is 24.3 Å². The Balaban J connectivity index is 1.35. The first kappa shape index (κ1) is 22.7. The van der Waals surface area contributed by atoms with E-state index in [1.807, 2.05) is 0 Å². The van der Waals surface area contributed by atoms with E-state index < -0.39 is 10.0 Å². The van der Waals surface area contributed by atoms with Crippen molar-refractivity contribution in [3.05, 3.63) is 47.0 Å². The lowest BCUT2D eigenvalue weighted by molar-refractivity contribution is -0.151. The summed E-state index contributed by atoms with van der Waals surface area (Å²) in [5.74, 6) is 0.818. The van der Waals surface area contributed by atoms with E-state index in [2.05, 4.69) is 0 Å². The number of sulfonamides is 1. The zero-order valence-corrected chi connectivity index (χ0v) is 19.2. The molecular weight excluding hydrogens is 458 g/mol. The van der Waals surface area contributed by atoms with Gasteiger partial charge in [0.2, 0.25) is 10.0 Å². The van der Waals surface area contributed by atoms with Crippen molar-refractivity contribution in [1.82, 2.24) is 4.31 Å². The summed E-state index contributed by atoms with van der Waals surface area (Å²) >= 11 is 6.01. The van der Waals surface area contributed by atoms with Gasteiger partial charge in [0.1, 0.15) is 25.6 Å². The molecule has 10 heteroatoms. The second kappa shape index (κ2) is 9.56. The fourth-order valence-corrected chi connectivity index (χ4v) is 5.47. The van der Waals surface area contributed by atoms with Crippen molar-refractivity contribution in [2.24, 2.45) is 5.92 Å². The zero-order chi connectivity index (χ0) is 22.7. The van der Waals surface area contributed by atoms with Crippen LogP contribution in [0.5, 0.6) is 17.2 Å². The molecule has 2 aliphatic heterocycles. The van der Waals surface area contributed by atoms with E-state index in [4.69, 9.17) is 30.5 Å². The molecule has 0 unspecified atom stereocenters. The number of benzene rings is 2. The van der Waals surface area contributed by atoms with Gasteiger partial charge < -0.3 is 18.9 Å². The molecule has 0 N–H and O–H groups in total. The minimum absolute atomic E-state index is 0.0400. The van der Waals surface area contributed by atoms with Crippen molar-refractivity contribution in [3.8, 4) is 17.2 Å². The summed E-state index contributed by atoms with van der Waals surface area (Å²) in [6, 6.07) is 9.71. The maximum absolute atomic E-state index is 13.0. The molecule has 1 fully saturated rings. The number of carbonyl (C=O) groups excluding carboxylic acids is 1. The lowest BCUT2D eigenvalue weighted by atomic mass is 9.98. The number of nitrogens with zero attached hydrogens (tertiary/aromatic N) is 1. The largest absolute Gasteiger partial charge is 0.496 e. The Bertz CT molecular complexity index is 1100. The maximum Gasteiger partial charge on any atom is 0.309 e. The quantitative estimate of drug-likeness (QED) is 0.585. The average Bonchev–Trinajstić information content (AvgIpc) is 2.82. The van der Waals surface area contributed by atoms with E-state index >= 15 is 0 Å². The Morgan fingerprint density at radius 1 is 1.09 bits per heavy atom. The smallest absolute Gasteiger partial charge is 0.309 e. The van der Waals surface area contributed by atoms with Gasteiger partial charge in [0.25, 0.3) is 0 Å². The predicted molar refractivity (Wildman–Crippen MR) is 117 cm³/mol. The lowest BCUT2D eigenvalue weighted by Crippen LogP contribution is -2.40. The fourth-order valence-electron chi connectivity index (χ4n) is 3.79. The van der Waals surface area contributed by atoms with Gasteiger partial charge in [0.05, 0.1) is 17.9 Å². The number of piperidine rings is 1. The highest BCUT2D eigenvalue weighted by Crippen LogP contribution is 2.34. The molecule has 1 saturated heterocycles. The van der Waals surface area contributed by atoms with Gasteiger partial charge in [-0.15, -0.1) is 0 Å². The molecule has 0 amide bonds. The highest BCUT2D eigenvalue weighted by Gasteiger charge is 2.33. The van der Waals surface area contributed by atoms with E-state index in [-0.39, 0.29) is 36.5 Å². The number of fused-ring (bicyclic) bond motifs is 1. The van der Waals surface area contributed by atoms with Gasteiger partial charge in [-0.3, -0.25) is 4.79 Å². The number of esters is 1. The molecule has 2 aliphatic rings. The summed E-state index contributed by atoms with van der Waals surface area (Å²) in [6.07, 6.45) is 0.768. The molecule has 0 aliphatic carbocycles. The summed E-state index contributed by atoms with van der Waals surface area (Å²) in [5.41, 5.74) is 0.673. The monoisotopic (exact) mass is 481 g/mol. The molecule has 0 bridgehead atoms. The van der Waals surface area contributed by atoms with Crippen molar-refractivity contribution in [3.63, 3.8) is 0 Å². The molecule has 4 rings (SSSR count). The summed E-state index contributed by atoms with van der Waals surface area (Å²) in [4.78, 5) is 12.7. The molecule has 0 aromatic heterocycles. The molecule has 0 atom stereocenters. The summed E-state index contributed by atoms with van der Waals surface area (Å²) in [7, 11) is -2.17. The van der Waals surface area contributed by atoms with E-state index in [1.54, 1.807) is 24.3 Å². The molecule has 0 saturated carbocycles. The zero-order valence-electron chi connectivity index (χ0n) is 17.6. The molecule has 8 nitrogen and oxygen atoms in total. The first-order valence-electron chi connectivity index (χ1n) is 10.3. The van der Waals surface area contributed by atoms with E-state index in [0.29, 0.717) is 53.9 Å². The first-order chi connectivity index (χ1) is 15.4. The standard InChI is InChI=1S/C22H24ClNO7S/c1-28-19-4-2-17(23)12-16(19)14-31-22(25)15-6-8-24(9-7-15)32(26,27)18-3-5-20-21(13-18)30-11-10-29-20/h2-5,12-13,15H,6-11,14H2,1H3. The van der Waals surface area contributed by atoms with Gasteiger partial charge in [0.15, 0.2) is 11.5 Å². The second-order valence-corrected chi connectivity index (χ2v) is 9.92. The number of rotatable bonds is 6. The van der Waals surface area contributed by atoms with Crippen LogP contribution < -0.4 is 14.2 Å². The summed E-state index contributed by atoms with van der Waals surface area (Å²) in [6.45, 7) is 1.32. The lowest BCUT2D eigenvalue weighted by Gasteiger charge is -2.30. The van der Waals surface area contributed by atoms with E-state index in [9.17, 15) is 13.2 Å². The van der Waals surface area contributed by atoms with Crippen LogP contribution in [0, 0.1) is 5.92 Å². The SMILES string of the molecule is COc1ccc(Cl)cc1COC(=O)C1CCN(S(=O)(=O)c2ccc3c(c2)OCCO3)CC1. The summed E-state index contributed by atoms with van der Waals surface area (Å²) in [5, 5.41) is 0.523. The molecule has 2 heterocycles. The number of methoxy groups -OCH3 is 1. The van der Waals surface area contributed by atoms with Gasteiger partial charge in [-0.25, -0.2) is 8.42 Å². The Hall–Kier alpha value is -2.49. The number of hydrogen-bond donors (Lipinski definition) is 0. The van der Waals surface area contributed by atoms with Crippen LogP contribution in [0.4, 0.5) is 0 Å². The predicted octanol–water partition coefficient (Wildman–Crippen LogP) is 3.26. The van der Waals surface area contributed by atoms with Gasteiger partial charge in [0, 0.05) is 29.7 Å². The van der Waals surface area contributed by atoms with Crippen LogP contribution in [0.1, 0.15) is 18.4 Å². The normalized spacial score (nSPS) is 17.1. The third kappa shape index (κ3) is 4.79. The van der Waals surface area contributed by atoms with Crippen LogP contribution in [0.25, 0.3) is 0 Å². The van der Waals surface area contributed by atoms with Crippen LogP contribution >= 0.6 is 11.6 Å². The highest BCUT2D eigenvalue weighted by atomic mass is 35.5. The third-order valence-electron chi connectivity index (χ3n) is 5.55. The topological polar surface area (TPSA) is 91.4 Å². The van der Waals surface area contributed by atoms with Crippen LogP contribution in [0.3, 0.4) is 0 Å². The second-order valence-electron chi connectivity index (χ2n) is 7.55. The number of ether oxygens (including phenoxy) is 4. The minimum atomic E-state index is -3.70. The number of hydrogen-bond acceptors (Lipinski definition) is 7. The fraction of sp³-hybridized carbons (Fsp3) is 0.409. The minimum Gasteiger partial charge on any atom is -0.496 e. The number of carbonyl (C=O) groups is 1. The molecule has 0 radical (unpaired) electrons. The Kier molecular flexibility index (Phi) is 6.78. The first-order valence-corrected chi connectivity index (χ1v) is 12.1. The molecule has 172 valence electrons. The third-order valence-corrected chi connectivity index (χ3v) is 7.68. The van der Waals surface area contributed by atoms with E-state index in [0.717, 1.165) is 0 Å². The van der Waals surface area contributed by atoms with Crippen LogP contribution in [0.2, 0.25) is 5.02 Å². The molecule has 0 spiro atoms. The van der Waals surface area contributed by atoms with Crippen molar-refractivity contribution < 1.29 is 32.2 Å². The molecule has 2 aromatic carbocycles. The molecule has 2 aromatic rings. The molecule has 32 heavy (non-hydrogen) atoms. The van der Waals surface area contributed by atoms with Gasteiger partial charge in [-0.1, -0.05) is 11.6 Å². The Morgan fingerprint density at radius 2 is 1.81 bits per heavy atom. The number of halogens is 1. The Labute approximate surface area is 192 Å². The van der Waals surface area contributed by atoms with Crippen LogP contribution in [-0.2, 0) is 26.2 Å². The van der Waals surface area contributed by atoms with Crippen molar-refractivity contribution in [1.29, 1.82) is 0 Å². The maximum atomic E-state index is 13.0. The average molecular weight is 482 g/mol. The van der Waals surface area contributed by atoms with Gasteiger partial charge in [-0.2, -0.15) is 4.31 Å².